The summed E-state index contributed by atoms with van der Waals surface area (Å²) in [4.78, 5) is 11.9. The molecule has 0 bridgehead atoms. The molecule has 0 amide bonds. The summed E-state index contributed by atoms with van der Waals surface area (Å²) in [7, 11) is -1.22. The van der Waals surface area contributed by atoms with Gasteiger partial charge in [-0.3, -0.25) is 9.00 Å². The first-order valence-electron chi connectivity index (χ1n) is 5.36. The quantitative estimate of drug-likeness (QED) is 0.776. The molecule has 0 saturated carbocycles. The molecule has 94 valence electrons. The minimum absolute atomic E-state index is 0.156. The summed E-state index contributed by atoms with van der Waals surface area (Å²) in [6.45, 7) is 3.86. The van der Waals surface area contributed by atoms with E-state index in [1.165, 1.54) is 0 Å². The SMILES string of the molecule is CCOC(=O)CC(C)S(=O)c1ccc(Cl)cc1. The number of carbonyl (C=O) groups is 1. The van der Waals surface area contributed by atoms with Crippen molar-refractivity contribution in [1.29, 1.82) is 0 Å². The van der Waals surface area contributed by atoms with E-state index in [0.717, 1.165) is 0 Å². The van der Waals surface area contributed by atoms with Crippen molar-refractivity contribution in [1.82, 2.24) is 0 Å². The van der Waals surface area contributed by atoms with Crippen molar-refractivity contribution < 1.29 is 13.7 Å². The first-order valence-corrected chi connectivity index (χ1v) is 6.95. The van der Waals surface area contributed by atoms with E-state index in [2.05, 4.69) is 0 Å². The third kappa shape index (κ3) is 4.48. The number of rotatable bonds is 5. The Labute approximate surface area is 109 Å². The molecule has 0 aliphatic carbocycles. The highest BCUT2D eigenvalue weighted by Crippen LogP contribution is 2.17. The summed E-state index contributed by atoms with van der Waals surface area (Å²) in [5.74, 6) is -0.317. The average molecular weight is 275 g/mol. The lowest BCUT2D eigenvalue weighted by Gasteiger charge is -2.10. The number of esters is 1. The van der Waals surface area contributed by atoms with Gasteiger partial charge in [-0.25, -0.2) is 0 Å². The number of ether oxygens (including phenoxy) is 1. The third-order valence-electron chi connectivity index (χ3n) is 2.17. The van der Waals surface area contributed by atoms with Gasteiger partial charge in [-0.15, -0.1) is 0 Å². The van der Waals surface area contributed by atoms with Crippen LogP contribution in [0.2, 0.25) is 5.02 Å². The van der Waals surface area contributed by atoms with Gasteiger partial charge in [-0.1, -0.05) is 11.6 Å². The van der Waals surface area contributed by atoms with Crippen molar-refractivity contribution in [2.75, 3.05) is 6.61 Å². The lowest BCUT2D eigenvalue weighted by Crippen LogP contribution is -2.18. The lowest BCUT2D eigenvalue weighted by molar-refractivity contribution is -0.143. The van der Waals surface area contributed by atoms with Gasteiger partial charge in [0, 0.05) is 15.2 Å². The third-order valence-corrected chi connectivity index (χ3v) is 4.06. The summed E-state index contributed by atoms with van der Waals surface area (Å²) in [6, 6.07) is 6.79. The van der Waals surface area contributed by atoms with Crippen molar-refractivity contribution in [2.24, 2.45) is 0 Å². The van der Waals surface area contributed by atoms with Crippen LogP contribution in [0.1, 0.15) is 20.3 Å². The van der Waals surface area contributed by atoms with Crippen LogP contribution in [-0.4, -0.2) is 22.0 Å². The van der Waals surface area contributed by atoms with Crippen LogP contribution in [0.15, 0.2) is 29.2 Å². The zero-order valence-electron chi connectivity index (χ0n) is 9.81. The summed E-state index contributed by atoms with van der Waals surface area (Å²) in [5.41, 5.74) is 0. The Kier molecular flexibility index (Phi) is 5.65. The summed E-state index contributed by atoms with van der Waals surface area (Å²) >= 11 is 5.75. The monoisotopic (exact) mass is 274 g/mol. The van der Waals surface area contributed by atoms with Gasteiger partial charge >= 0.3 is 5.97 Å². The molecule has 0 fully saturated rings. The first-order chi connectivity index (χ1) is 8.04. The Balaban J connectivity index is 2.63. The fourth-order valence-electron chi connectivity index (χ4n) is 1.33. The molecule has 0 aromatic heterocycles. The van der Waals surface area contributed by atoms with Crippen LogP contribution in [0.4, 0.5) is 0 Å². The van der Waals surface area contributed by atoms with Gasteiger partial charge in [0.25, 0.3) is 0 Å². The standard InChI is InChI=1S/C12H15ClO3S/c1-3-16-12(14)8-9(2)17(15)11-6-4-10(13)5-7-11/h4-7,9H,3,8H2,1-2H3. The van der Waals surface area contributed by atoms with Gasteiger partial charge in [0.15, 0.2) is 0 Å². The highest BCUT2D eigenvalue weighted by Gasteiger charge is 2.17. The largest absolute Gasteiger partial charge is 0.466 e. The molecular formula is C12H15ClO3S. The van der Waals surface area contributed by atoms with Crippen LogP contribution in [0, 0.1) is 0 Å². The van der Waals surface area contributed by atoms with Crippen molar-refractivity contribution in [2.45, 2.75) is 30.4 Å². The van der Waals surface area contributed by atoms with E-state index < -0.39 is 10.8 Å². The average Bonchev–Trinajstić information content (AvgIpc) is 2.29. The molecule has 1 aromatic carbocycles. The van der Waals surface area contributed by atoms with Crippen molar-refractivity contribution in [3.8, 4) is 0 Å². The van der Waals surface area contributed by atoms with E-state index >= 15 is 0 Å². The van der Waals surface area contributed by atoms with Crippen LogP contribution in [-0.2, 0) is 20.3 Å². The van der Waals surface area contributed by atoms with E-state index in [4.69, 9.17) is 16.3 Å². The van der Waals surface area contributed by atoms with Crippen LogP contribution >= 0.6 is 11.6 Å². The van der Waals surface area contributed by atoms with E-state index in [1.54, 1.807) is 38.1 Å². The minimum Gasteiger partial charge on any atom is -0.466 e. The zero-order chi connectivity index (χ0) is 12.8. The molecule has 17 heavy (non-hydrogen) atoms. The molecule has 1 aromatic rings. The van der Waals surface area contributed by atoms with Crippen LogP contribution in [0.25, 0.3) is 0 Å². The molecule has 0 spiro atoms. The molecule has 0 heterocycles. The smallest absolute Gasteiger partial charge is 0.306 e. The van der Waals surface area contributed by atoms with E-state index in [1.807, 2.05) is 0 Å². The maximum Gasteiger partial charge on any atom is 0.306 e. The van der Waals surface area contributed by atoms with Crippen molar-refractivity contribution in [3.05, 3.63) is 29.3 Å². The summed E-state index contributed by atoms with van der Waals surface area (Å²) in [5, 5.41) is 0.332. The Morgan fingerprint density at radius 2 is 2.00 bits per heavy atom. The number of benzene rings is 1. The first kappa shape index (κ1) is 14.2. The van der Waals surface area contributed by atoms with Gasteiger partial charge in [0.2, 0.25) is 0 Å². The minimum atomic E-state index is -1.22. The highest BCUT2D eigenvalue weighted by atomic mass is 35.5. The lowest BCUT2D eigenvalue weighted by atomic mass is 10.3. The fraction of sp³-hybridized carbons (Fsp3) is 0.417. The van der Waals surface area contributed by atoms with Crippen molar-refractivity contribution in [3.63, 3.8) is 0 Å². The normalized spacial score (nSPS) is 14.1. The number of carbonyl (C=O) groups excluding carboxylic acids is 1. The molecular weight excluding hydrogens is 260 g/mol. The molecule has 0 N–H and O–H groups in total. The molecule has 0 radical (unpaired) electrons. The fourth-order valence-corrected chi connectivity index (χ4v) is 2.61. The van der Waals surface area contributed by atoms with Crippen LogP contribution in [0.5, 0.6) is 0 Å². The van der Waals surface area contributed by atoms with Gasteiger partial charge in [0.1, 0.15) is 0 Å². The summed E-state index contributed by atoms with van der Waals surface area (Å²) in [6.07, 6.45) is 0.156. The van der Waals surface area contributed by atoms with Gasteiger partial charge in [0.05, 0.1) is 23.8 Å². The second-order valence-corrected chi connectivity index (χ2v) is 5.88. The Morgan fingerprint density at radius 1 is 1.41 bits per heavy atom. The topological polar surface area (TPSA) is 43.4 Å². The molecule has 1 rings (SSSR count). The Morgan fingerprint density at radius 3 is 2.53 bits per heavy atom. The predicted molar refractivity (Wildman–Crippen MR) is 68.6 cm³/mol. The molecule has 2 unspecified atom stereocenters. The van der Waals surface area contributed by atoms with E-state index in [-0.39, 0.29) is 17.6 Å². The van der Waals surface area contributed by atoms with Gasteiger partial charge in [-0.2, -0.15) is 0 Å². The van der Waals surface area contributed by atoms with Gasteiger partial charge in [-0.05, 0) is 38.1 Å². The number of hydrogen-bond acceptors (Lipinski definition) is 3. The molecule has 0 aliphatic heterocycles. The van der Waals surface area contributed by atoms with Gasteiger partial charge < -0.3 is 4.74 Å². The number of halogens is 1. The highest BCUT2D eigenvalue weighted by molar-refractivity contribution is 7.85. The second-order valence-electron chi connectivity index (χ2n) is 3.57. The molecule has 0 saturated heterocycles. The maximum atomic E-state index is 12.1. The molecule has 2 atom stereocenters. The van der Waals surface area contributed by atoms with E-state index in [0.29, 0.717) is 16.5 Å². The van der Waals surface area contributed by atoms with Crippen molar-refractivity contribution >= 4 is 28.4 Å². The molecule has 5 heteroatoms. The predicted octanol–water partition coefficient (Wildman–Crippen LogP) is 2.79. The number of hydrogen-bond donors (Lipinski definition) is 0. The Hall–Kier alpha value is -0.870. The van der Waals surface area contributed by atoms with E-state index in [9.17, 15) is 9.00 Å². The zero-order valence-corrected chi connectivity index (χ0v) is 11.4. The second kappa shape index (κ2) is 6.77. The van der Waals surface area contributed by atoms with Crippen LogP contribution in [0.3, 0.4) is 0 Å². The molecule has 3 nitrogen and oxygen atoms in total. The summed E-state index contributed by atoms with van der Waals surface area (Å²) < 4.78 is 16.9. The molecule has 0 aliphatic rings. The Bertz CT molecular complexity index is 403. The van der Waals surface area contributed by atoms with Crippen LogP contribution < -0.4 is 0 Å². The maximum absolute atomic E-state index is 12.1.